The van der Waals surface area contributed by atoms with E-state index in [4.69, 9.17) is 4.74 Å². The number of benzene rings is 2. The highest BCUT2D eigenvalue weighted by atomic mass is 32.1. The van der Waals surface area contributed by atoms with E-state index in [1.807, 2.05) is 32.0 Å². The van der Waals surface area contributed by atoms with Gasteiger partial charge in [0.2, 0.25) is 0 Å². The highest BCUT2D eigenvalue weighted by Crippen LogP contribution is 2.22. The fourth-order valence-electron chi connectivity index (χ4n) is 2.10. The van der Waals surface area contributed by atoms with E-state index in [0.29, 0.717) is 5.56 Å². The second-order valence-electron chi connectivity index (χ2n) is 5.18. The highest BCUT2D eigenvalue weighted by molar-refractivity contribution is 7.16. The van der Waals surface area contributed by atoms with Gasteiger partial charge in [-0.15, -0.1) is 11.3 Å². The Labute approximate surface area is 132 Å². The standard InChI is InChI=1S/C17H16N2O2S/c1-11(2)21-14-6-3-12(4-7-14)17(20)19-13-5-8-16-15(9-13)18-10-22-16/h3-11H,1-2H3,(H,19,20). The lowest BCUT2D eigenvalue weighted by Gasteiger charge is -2.10. The summed E-state index contributed by atoms with van der Waals surface area (Å²) in [6.45, 7) is 3.93. The van der Waals surface area contributed by atoms with Crippen molar-refractivity contribution in [2.24, 2.45) is 0 Å². The molecule has 0 fully saturated rings. The third-order valence-electron chi connectivity index (χ3n) is 3.08. The molecule has 2 aromatic carbocycles. The maximum Gasteiger partial charge on any atom is 0.255 e. The number of carbonyl (C=O) groups is 1. The molecule has 0 saturated carbocycles. The summed E-state index contributed by atoms with van der Waals surface area (Å²) >= 11 is 1.58. The SMILES string of the molecule is CC(C)Oc1ccc(C(=O)Nc2ccc3scnc3c2)cc1. The van der Waals surface area contributed by atoms with Gasteiger partial charge in [-0.3, -0.25) is 4.79 Å². The van der Waals surface area contributed by atoms with Crippen molar-refractivity contribution in [2.75, 3.05) is 5.32 Å². The van der Waals surface area contributed by atoms with Crippen molar-refractivity contribution >= 4 is 33.1 Å². The summed E-state index contributed by atoms with van der Waals surface area (Å²) in [6, 6.07) is 12.8. The van der Waals surface area contributed by atoms with Gasteiger partial charge in [-0.1, -0.05) is 0 Å². The first-order valence-corrected chi connectivity index (χ1v) is 7.91. The molecule has 0 spiro atoms. The number of nitrogens with zero attached hydrogens (tertiary/aromatic N) is 1. The van der Waals surface area contributed by atoms with Crippen LogP contribution in [0, 0.1) is 0 Å². The zero-order valence-corrected chi connectivity index (χ0v) is 13.2. The van der Waals surface area contributed by atoms with E-state index in [9.17, 15) is 4.79 Å². The molecule has 112 valence electrons. The van der Waals surface area contributed by atoms with Crippen LogP contribution in [0.4, 0.5) is 5.69 Å². The third kappa shape index (κ3) is 3.26. The summed E-state index contributed by atoms with van der Waals surface area (Å²) in [6.07, 6.45) is 0.115. The molecule has 0 aliphatic heterocycles. The van der Waals surface area contributed by atoms with Crippen LogP contribution >= 0.6 is 11.3 Å². The van der Waals surface area contributed by atoms with Gasteiger partial charge in [0.1, 0.15) is 5.75 Å². The molecule has 1 aromatic heterocycles. The van der Waals surface area contributed by atoms with E-state index in [2.05, 4.69) is 10.3 Å². The van der Waals surface area contributed by atoms with Crippen LogP contribution < -0.4 is 10.1 Å². The number of carbonyl (C=O) groups excluding carboxylic acids is 1. The molecule has 3 aromatic rings. The number of hydrogen-bond donors (Lipinski definition) is 1. The van der Waals surface area contributed by atoms with Crippen LogP contribution in [0.5, 0.6) is 5.75 Å². The molecule has 3 rings (SSSR count). The minimum Gasteiger partial charge on any atom is -0.491 e. The minimum atomic E-state index is -0.148. The highest BCUT2D eigenvalue weighted by Gasteiger charge is 2.08. The zero-order chi connectivity index (χ0) is 15.5. The van der Waals surface area contributed by atoms with E-state index in [1.54, 1.807) is 41.1 Å². The molecule has 22 heavy (non-hydrogen) atoms. The van der Waals surface area contributed by atoms with Crippen molar-refractivity contribution in [3.8, 4) is 5.75 Å². The van der Waals surface area contributed by atoms with E-state index in [-0.39, 0.29) is 12.0 Å². The van der Waals surface area contributed by atoms with Crippen molar-refractivity contribution < 1.29 is 9.53 Å². The summed E-state index contributed by atoms with van der Waals surface area (Å²) in [7, 11) is 0. The van der Waals surface area contributed by atoms with E-state index in [1.165, 1.54) is 0 Å². The lowest BCUT2D eigenvalue weighted by Crippen LogP contribution is -2.12. The van der Waals surface area contributed by atoms with Gasteiger partial charge in [0, 0.05) is 11.3 Å². The van der Waals surface area contributed by atoms with Gasteiger partial charge < -0.3 is 10.1 Å². The molecule has 0 saturated heterocycles. The molecule has 0 radical (unpaired) electrons. The summed E-state index contributed by atoms with van der Waals surface area (Å²) in [5.74, 6) is 0.612. The molecule has 1 amide bonds. The smallest absolute Gasteiger partial charge is 0.255 e. The topological polar surface area (TPSA) is 51.2 Å². The Morgan fingerprint density at radius 2 is 1.95 bits per heavy atom. The first-order valence-electron chi connectivity index (χ1n) is 7.03. The average Bonchev–Trinajstić information content (AvgIpc) is 2.95. The summed E-state index contributed by atoms with van der Waals surface area (Å²) in [5, 5.41) is 2.89. The maximum absolute atomic E-state index is 12.3. The van der Waals surface area contributed by atoms with E-state index < -0.39 is 0 Å². The summed E-state index contributed by atoms with van der Waals surface area (Å²) in [5.41, 5.74) is 4.02. The zero-order valence-electron chi connectivity index (χ0n) is 12.4. The van der Waals surface area contributed by atoms with Crippen LogP contribution in [0.25, 0.3) is 10.2 Å². The number of amides is 1. The lowest BCUT2D eigenvalue weighted by molar-refractivity contribution is 0.102. The molecule has 0 aliphatic rings. The molecule has 0 bridgehead atoms. The van der Waals surface area contributed by atoms with Crippen molar-refractivity contribution in [1.29, 1.82) is 0 Å². The third-order valence-corrected chi connectivity index (χ3v) is 3.89. The first kappa shape index (κ1) is 14.5. The minimum absolute atomic E-state index is 0.115. The Kier molecular flexibility index (Phi) is 4.06. The van der Waals surface area contributed by atoms with Gasteiger partial charge in [0.05, 0.1) is 21.8 Å². The van der Waals surface area contributed by atoms with E-state index >= 15 is 0 Å². The van der Waals surface area contributed by atoms with E-state index in [0.717, 1.165) is 21.7 Å². The summed E-state index contributed by atoms with van der Waals surface area (Å²) < 4.78 is 6.67. The fraction of sp³-hybridized carbons (Fsp3) is 0.176. The first-order chi connectivity index (χ1) is 10.6. The van der Waals surface area contributed by atoms with Crippen LogP contribution in [-0.2, 0) is 0 Å². The van der Waals surface area contributed by atoms with Gasteiger partial charge in [-0.2, -0.15) is 0 Å². The van der Waals surface area contributed by atoms with Crippen LogP contribution in [0.3, 0.4) is 0 Å². The molecule has 1 N–H and O–H groups in total. The van der Waals surface area contributed by atoms with Gasteiger partial charge in [0.25, 0.3) is 5.91 Å². The summed E-state index contributed by atoms with van der Waals surface area (Å²) in [4.78, 5) is 16.5. The van der Waals surface area contributed by atoms with Crippen molar-refractivity contribution in [3.05, 3.63) is 53.5 Å². The number of aromatic nitrogens is 1. The van der Waals surface area contributed by atoms with Gasteiger partial charge in [0.15, 0.2) is 0 Å². The number of rotatable bonds is 4. The van der Waals surface area contributed by atoms with Crippen LogP contribution in [0.15, 0.2) is 48.0 Å². The number of ether oxygens (including phenoxy) is 1. The van der Waals surface area contributed by atoms with Crippen molar-refractivity contribution in [2.45, 2.75) is 20.0 Å². The van der Waals surface area contributed by atoms with Crippen LogP contribution in [0.1, 0.15) is 24.2 Å². The predicted octanol–water partition coefficient (Wildman–Crippen LogP) is 4.34. The Morgan fingerprint density at radius 3 is 2.68 bits per heavy atom. The molecular formula is C17H16N2O2S. The molecule has 4 nitrogen and oxygen atoms in total. The monoisotopic (exact) mass is 312 g/mol. The van der Waals surface area contributed by atoms with Gasteiger partial charge in [-0.25, -0.2) is 4.98 Å². The molecule has 5 heteroatoms. The molecule has 0 atom stereocenters. The lowest BCUT2D eigenvalue weighted by atomic mass is 10.2. The second kappa shape index (κ2) is 6.15. The number of nitrogens with one attached hydrogen (secondary N) is 1. The second-order valence-corrected chi connectivity index (χ2v) is 6.07. The molecule has 0 aliphatic carbocycles. The number of anilines is 1. The Morgan fingerprint density at radius 1 is 1.18 bits per heavy atom. The Balaban J connectivity index is 1.73. The normalized spacial score (nSPS) is 10.9. The van der Waals surface area contributed by atoms with Gasteiger partial charge in [-0.05, 0) is 56.3 Å². The van der Waals surface area contributed by atoms with Crippen molar-refractivity contribution in [3.63, 3.8) is 0 Å². The fourth-order valence-corrected chi connectivity index (χ4v) is 2.75. The maximum atomic E-state index is 12.3. The molecule has 0 unspecified atom stereocenters. The van der Waals surface area contributed by atoms with Crippen LogP contribution in [-0.4, -0.2) is 17.0 Å². The quantitative estimate of drug-likeness (QED) is 0.780. The number of fused-ring (bicyclic) bond motifs is 1. The van der Waals surface area contributed by atoms with Crippen molar-refractivity contribution in [1.82, 2.24) is 4.98 Å². The number of hydrogen-bond acceptors (Lipinski definition) is 4. The number of thiazole rings is 1. The Hall–Kier alpha value is -2.40. The van der Waals surface area contributed by atoms with Crippen LogP contribution in [0.2, 0.25) is 0 Å². The largest absolute Gasteiger partial charge is 0.491 e. The predicted molar refractivity (Wildman–Crippen MR) is 89.8 cm³/mol. The molecular weight excluding hydrogens is 296 g/mol. The average molecular weight is 312 g/mol. The van der Waals surface area contributed by atoms with Gasteiger partial charge >= 0.3 is 0 Å². The molecule has 1 heterocycles. The Bertz CT molecular complexity index is 794.